The van der Waals surface area contributed by atoms with Crippen LogP contribution in [0.2, 0.25) is 0 Å². The zero-order chi connectivity index (χ0) is 97.6. The summed E-state index contributed by atoms with van der Waals surface area (Å²) in [6.45, 7) is 0. The number of allylic oxidation sites excluding steroid dienone is 3. The predicted octanol–water partition coefficient (Wildman–Crippen LogP) is 20.8. The number of thiophene rings is 1. The van der Waals surface area contributed by atoms with Crippen LogP contribution in [0.3, 0.4) is 0 Å². The molecule has 2 aromatic heterocycles. The number of benzene rings is 16. The molecule has 16 aromatic carbocycles. The fourth-order valence-corrected chi connectivity index (χ4v) is 22.3. The normalized spacial score (nSPS) is 15.1. The number of fused-ring (bicyclic) bond motifs is 24. The highest BCUT2D eigenvalue weighted by Crippen LogP contribution is 2.48. The molecule has 37 N–H and O–H groups in total. The number of nitrogens with two attached hydrogens (primary N) is 18. The van der Waals surface area contributed by atoms with Gasteiger partial charge in [-0.1, -0.05) is 66.7 Å². The molecule has 0 radical (unpaired) electrons. The first-order valence-corrected chi connectivity index (χ1v) is 48.1. The van der Waals surface area contributed by atoms with Crippen molar-refractivity contribution in [3.05, 3.63) is 384 Å². The Morgan fingerprint density at radius 3 is 1.19 bits per heavy atom. The molecular weight excluding hydrogens is 1800 g/mol. The van der Waals surface area contributed by atoms with Crippen molar-refractivity contribution in [1.29, 1.82) is 0 Å². The molecule has 3 atom stereocenters. The monoisotopic (exact) mass is 1900 g/mol. The molecule has 0 bridgehead atoms. The van der Waals surface area contributed by atoms with Crippen LogP contribution in [0.25, 0.3) is 86.6 Å². The Morgan fingerprint density at radius 2 is 0.671 bits per heavy atom. The average molecular weight is 1900 g/mol. The van der Waals surface area contributed by atoms with Crippen molar-refractivity contribution in [1.82, 2.24) is 0 Å². The van der Waals surface area contributed by atoms with Crippen molar-refractivity contribution >= 4 is 189 Å². The lowest BCUT2D eigenvalue weighted by Gasteiger charge is -2.32. The van der Waals surface area contributed by atoms with Crippen LogP contribution in [0.5, 0.6) is 11.5 Å². The number of ether oxygens (including phenoxy) is 2. The second-order valence-corrected chi connectivity index (χ2v) is 39.3. The van der Waals surface area contributed by atoms with Crippen LogP contribution >= 0.6 is 23.1 Å². The molecule has 4 aliphatic heterocycles. The Balaban J connectivity index is 0.000000100. The number of nitrogen functional groups attached to an aromatic ring is 16. The Morgan fingerprint density at radius 1 is 0.293 bits per heavy atom. The van der Waals surface area contributed by atoms with Crippen molar-refractivity contribution in [2.45, 2.75) is 57.8 Å². The number of hydrogen-bond acceptors (Lipinski definition) is 27. The van der Waals surface area contributed by atoms with E-state index in [1.807, 2.05) is 225 Å². The number of anilines is 18. The Bertz CT molecular complexity index is 7740. The standard InChI is InChI=1S/C13H13N3.3C13H12N2.C12H11N3S.C12H10N2O2S.C12H12N2O2.C12H10N2O.C12H10N2S/c14-10-3-4-12-9(6-10)5-8-1-2-11(15)7-13(8)16-12;14-10-1-3-12-8(6-10)5-9-7-11(15)2-4-13(9)12;2*14-10-3-1-8-5-9-2-4-11(15)7-13(9)12(8)6-10;13-7-1-3-9-11(5-7)16-12-6-8(14)2-4-10(12)15-9;13-7-1-3-9-10-4-2-8(14)6-12(10)17(15,16)11(9)5-7;13-7-1-3-9-11(5-7)16-12-6-8(14)2-4-10(12)15-9;2*13-7-1-3-9-10-4-2-8(14)6-12(10)15-11(9)5-7/h1-4,6-7,16H,5,14-15H2;3*1-4,6-7H,5,14-15H2;1-6,11H,13-14H2;1-6H,13-14H2;1-6,9,11H,13-14H2;2*1-6H,13-14H2. The molecule has 0 saturated heterocycles. The molecule has 6 heterocycles. The van der Waals surface area contributed by atoms with E-state index in [1.165, 1.54) is 110 Å². The minimum absolute atomic E-state index is 0.108. The Hall–Kier alpha value is -17.7. The molecule has 0 spiro atoms. The van der Waals surface area contributed by atoms with Crippen LogP contribution in [0.4, 0.5) is 108 Å². The van der Waals surface area contributed by atoms with Crippen LogP contribution in [0.15, 0.2) is 363 Å². The van der Waals surface area contributed by atoms with Crippen LogP contribution in [0.1, 0.15) is 44.5 Å². The number of aliphatic imine (C=N–C) groups is 1. The van der Waals surface area contributed by atoms with Gasteiger partial charge in [0.25, 0.3) is 0 Å². The molecule has 27 rings (SSSR count). The maximum atomic E-state index is 12.3. The second-order valence-electron chi connectivity index (χ2n) is 35.1. The van der Waals surface area contributed by atoms with E-state index in [4.69, 9.17) is 117 Å². The van der Waals surface area contributed by atoms with Gasteiger partial charge in [0.15, 0.2) is 23.7 Å². The molecule has 18 aromatic rings. The molecule has 0 saturated carbocycles. The third kappa shape index (κ3) is 19.5. The van der Waals surface area contributed by atoms with Crippen LogP contribution in [-0.4, -0.2) is 31.6 Å². The van der Waals surface area contributed by atoms with Crippen molar-refractivity contribution in [2.24, 2.45) is 16.5 Å². The quantitative estimate of drug-likeness (QED) is 0.0627. The van der Waals surface area contributed by atoms with E-state index in [9.17, 15) is 8.42 Å². The molecule has 0 fully saturated rings. The Kier molecular flexibility index (Phi) is 24.7. The van der Waals surface area contributed by atoms with E-state index in [0.717, 1.165) is 144 Å². The van der Waals surface area contributed by atoms with Gasteiger partial charge in [0.1, 0.15) is 11.2 Å². The number of rotatable bonds is 0. The zero-order valence-corrected chi connectivity index (χ0v) is 78.3. The van der Waals surface area contributed by atoms with Gasteiger partial charge in [0.2, 0.25) is 9.84 Å². The lowest BCUT2D eigenvalue weighted by molar-refractivity contribution is 0.0750. The number of hydrogen-bond donors (Lipinski definition) is 19. The number of furan rings is 1. The van der Waals surface area contributed by atoms with Crippen molar-refractivity contribution in [2.75, 3.05) is 97.1 Å². The van der Waals surface area contributed by atoms with Gasteiger partial charge < -0.3 is 122 Å². The third-order valence-electron chi connectivity index (χ3n) is 24.9. The molecule has 28 heteroatoms. The first kappa shape index (κ1) is 91.4. The SMILES string of the molecule is NC1=CC2Oc3cc(N)ccc3OC2C=C1.NC1=CC2Sc3cc(N)ccc3N=C2C=C1.Nc1ccc2c(c1)-c1cc(N)ccc1C2.Nc1ccc2c(c1)-c1cc(N)ccc1C2.Nc1ccc2c(c1)Cc1cc(N)ccc1-2.Nc1ccc2c(c1)Cc1ccc(N)cc1N2.Nc1ccc2c(c1)S(=O)(=O)c1cc(N)ccc1-2.Nc1ccc2c(c1)oc1cc(N)ccc12.Nc1ccc2c(c1)sc1cc(N)ccc12. The van der Waals surface area contributed by atoms with Gasteiger partial charge >= 0.3 is 0 Å². The van der Waals surface area contributed by atoms with Gasteiger partial charge in [-0.2, -0.15) is 0 Å². The van der Waals surface area contributed by atoms with Crippen molar-refractivity contribution in [3.63, 3.8) is 0 Å². The second kappa shape index (κ2) is 37.9. The molecule has 3 unspecified atom stereocenters. The summed E-state index contributed by atoms with van der Waals surface area (Å²) in [5, 5.41) is 8.24. The van der Waals surface area contributed by atoms with E-state index in [1.54, 1.807) is 59.5 Å². The number of nitrogens with one attached hydrogen (secondary N) is 1. The largest absolute Gasteiger partial charge is 0.478 e. The van der Waals surface area contributed by atoms with Crippen LogP contribution < -0.4 is 118 Å². The average Bonchev–Trinajstić information content (AvgIpc) is 1.58. The molecule has 5 aliphatic carbocycles. The van der Waals surface area contributed by atoms with E-state index in [2.05, 4.69) is 64.9 Å². The first-order valence-electron chi connectivity index (χ1n) is 44.9. The van der Waals surface area contributed by atoms with Gasteiger partial charge in [0.05, 0.1) is 26.4 Å². The van der Waals surface area contributed by atoms with Gasteiger partial charge in [-0.05, 0) is 340 Å². The van der Waals surface area contributed by atoms with Gasteiger partial charge in [-0.15, -0.1) is 23.1 Å². The fraction of sp³-hybridized carbons (Fsp3) is 0.0625. The maximum Gasteiger partial charge on any atom is 0.207 e. The molecule has 25 nitrogen and oxygen atoms in total. The highest BCUT2D eigenvalue weighted by molar-refractivity contribution is 8.01. The zero-order valence-electron chi connectivity index (χ0n) is 75.8. The van der Waals surface area contributed by atoms with Gasteiger partial charge in [-0.3, -0.25) is 4.99 Å². The van der Waals surface area contributed by atoms with Gasteiger partial charge in [0, 0.05) is 185 Å². The predicted molar refractivity (Wildman–Crippen MR) is 585 cm³/mol. The summed E-state index contributed by atoms with van der Waals surface area (Å²) in [5.74, 6) is 1.38. The summed E-state index contributed by atoms with van der Waals surface area (Å²) in [5.41, 5.74) is 142. The van der Waals surface area contributed by atoms with E-state index < -0.39 is 9.84 Å². The van der Waals surface area contributed by atoms with Crippen LogP contribution in [-0.2, 0) is 35.5 Å². The molecule has 140 heavy (non-hydrogen) atoms. The summed E-state index contributed by atoms with van der Waals surface area (Å²) in [6, 6.07) is 92.7. The third-order valence-corrected chi connectivity index (χ3v) is 29.0. The minimum atomic E-state index is -3.47. The van der Waals surface area contributed by atoms with E-state index >= 15 is 0 Å². The maximum absolute atomic E-state index is 12.3. The summed E-state index contributed by atoms with van der Waals surface area (Å²) < 4.78 is 44.2. The van der Waals surface area contributed by atoms with Crippen molar-refractivity contribution in [3.8, 4) is 56.0 Å². The van der Waals surface area contributed by atoms with Crippen LogP contribution in [0, 0.1) is 0 Å². The smallest absolute Gasteiger partial charge is 0.207 e. The van der Waals surface area contributed by atoms with E-state index in [-0.39, 0.29) is 27.2 Å². The highest BCUT2D eigenvalue weighted by atomic mass is 32.2. The van der Waals surface area contributed by atoms with Crippen molar-refractivity contribution < 1.29 is 22.3 Å². The summed E-state index contributed by atoms with van der Waals surface area (Å²) in [7, 11) is -3.47. The summed E-state index contributed by atoms with van der Waals surface area (Å²) >= 11 is 3.47. The molecule has 9 aliphatic rings. The number of sulfone groups is 1. The first-order chi connectivity index (χ1) is 67.3. The number of nitrogens with zero attached hydrogens (tertiary/aromatic N) is 1. The molecular formula is C112H102N20O5S3. The van der Waals surface area contributed by atoms with E-state index in [0.29, 0.717) is 56.8 Å². The van der Waals surface area contributed by atoms with Gasteiger partial charge in [-0.25, -0.2) is 8.42 Å². The lowest BCUT2D eigenvalue weighted by Crippen LogP contribution is -2.39. The Labute approximate surface area is 816 Å². The summed E-state index contributed by atoms with van der Waals surface area (Å²) in [4.78, 5) is 6.24. The summed E-state index contributed by atoms with van der Waals surface area (Å²) in [6.07, 6.45) is 15.0. The highest BCUT2D eigenvalue weighted by Gasteiger charge is 2.35. The molecule has 698 valence electrons. The number of thioether (sulfide) groups is 1. The fourth-order valence-electron chi connectivity index (χ4n) is 18.1. The molecule has 0 amide bonds. The minimum Gasteiger partial charge on any atom is -0.478 e. The topological polar surface area (TPSA) is 558 Å². The lowest BCUT2D eigenvalue weighted by atomic mass is 9.96.